The second-order valence-corrected chi connectivity index (χ2v) is 5.38. The smallest absolute Gasteiger partial charge is 0.128 e. The highest BCUT2D eigenvalue weighted by Crippen LogP contribution is 2.36. The minimum atomic E-state index is -0.473. The van der Waals surface area contributed by atoms with E-state index in [2.05, 4.69) is 15.9 Å². The Morgan fingerprint density at radius 3 is 2.44 bits per heavy atom. The maximum Gasteiger partial charge on any atom is 0.128 e. The average molecular weight is 332 g/mol. The topological polar surface area (TPSA) is 0 Å². The van der Waals surface area contributed by atoms with E-state index in [1.807, 2.05) is 13.0 Å². The lowest BCUT2D eigenvalue weighted by Gasteiger charge is -2.14. The Morgan fingerprint density at radius 2 is 1.78 bits per heavy atom. The summed E-state index contributed by atoms with van der Waals surface area (Å²) < 4.78 is 26.8. The van der Waals surface area contributed by atoms with E-state index < -0.39 is 16.5 Å². The van der Waals surface area contributed by atoms with E-state index in [9.17, 15) is 8.78 Å². The molecule has 0 bridgehead atoms. The molecule has 18 heavy (non-hydrogen) atoms. The summed E-state index contributed by atoms with van der Waals surface area (Å²) in [5.74, 6) is -0.936. The first-order valence-corrected chi connectivity index (χ1v) is 6.63. The van der Waals surface area contributed by atoms with Crippen LogP contribution < -0.4 is 0 Å². The standard InChI is InChI=1S/C14H10BrClF2/c1-8-2-4-10(12(16)6-8)14(15)11-7-9(17)3-5-13(11)18/h2-7,14H,1H3. The number of benzene rings is 2. The summed E-state index contributed by atoms with van der Waals surface area (Å²) in [5.41, 5.74) is 1.97. The van der Waals surface area contributed by atoms with E-state index in [0.29, 0.717) is 10.6 Å². The van der Waals surface area contributed by atoms with Crippen molar-refractivity contribution in [1.29, 1.82) is 0 Å². The molecular weight excluding hydrogens is 322 g/mol. The molecule has 2 rings (SSSR count). The highest BCUT2D eigenvalue weighted by Gasteiger charge is 2.18. The highest BCUT2D eigenvalue weighted by atomic mass is 79.9. The van der Waals surface area contributed by atoms with Crippen molar-refractivity contribution in [3.8, 4) is 0 Å². The lowest BCUT2D eigenvalue weighted by atomic mass is 10.0. The third kappa shape index (κ3) is 2.73. The molecule has 0 fully saturated rings. The number of rotatable bonds is 2. The normalized spacial score (nSPS) is 12.5. The van der Waals surface area contributed by atoms with Crippen LogP contribution in [0.4, 0.5) is 8.78 Å². The fraction of sp³-hybridized carbons (Fsp3) is 0.143. The summed E-state index contributed by atoms with van der Waals surface area (Å²) in [5, 5.41) is 0.528. The summed E-state index contributed by atoms with van der Waals surface area (Å²) in [4.78, 5) is -0.471. The SMILES string of the molecule is Cc1ccc(C(Br)c2cc(F)ccc2F)c(Cl)c1. The van der Waals surface area contributed by atoms with E-state index >= 15 is 0 Å². The van der Waals surface area contributed by atoms with Gasteiger partial charge in [-0.1, -0.05) is 39.7 Å². The van der Waals surface area contributed by atoms with Crippen molar-refractivity contribution in [3.05, 3.63) is 69.7 Å². The summed E-state index contributed by atoms with van der Waals surface area (Å²) in [6.45, 7) is 1.92. The summed E-state index contributed by atoms with van der Waals surface area (Å²) >= 11 is 9.48. The van der Waals surface area contributed by atoms with Crippen molar-refractivity contribution in [2.75, 3.05) is 0 Å². The molecule has 4 heteroatoms. The van der Waals surface area contributed by atoms with Gasteiger partial charge in [0.1, 0.15) is 11.6 Å². The van der Waals surface area contributed by atoms with Crippen LogP contribution in [-0.4, -0.2) is 0 Å². The van der Waals surface area contributed by atoms with Crippen molar-refractivity contribution < 1.29 is 8.78 Å². The van der Waals surface area contributed by atoms with Crippen LogP contribution in [0.1, 0.15) is 21.5 Å². The predicted octanol–water partition coefficient (Wildman–Crippen LogP) is 5.41. The molecule has 0 nitrogen and oxygen atoms in total. The van der Waals surface area contributed by atoms with Crippen molar-refractivity contribution >= 4 is 27.5 Å². The van der Waals surface area contributed by atoms with Crippen molar-refractivity contribution in [2.24, 2.45) is 0 Å². The van der Waals surface area contributed by atoms with E-state index in [-0.39, 0.29) is 5.56 Å². The van der Waals surface area contributed by atoms with Gasteiger partial charge in [-0.05, 0) is 42.3 Å². The Morgan fingerprint density at radius 1 is 1.06 bits per heavy atom. The van der Waals surface area contributed by atoms with Gasteiger partial charge in [0, 0.05) is 10.6 Å². The van der Waals surface area contributed by atoms with Gasteiger partial charge in [-0.2, -0.15) is 0 Å². The summed E-state index contributed by atoms with van der Waals surface area (Å²) in [7, 11) is 0. The van der Waals surface area contributed by atoms with Crippen molar-refractivity contribution in [3.63, 3.8) is 0 Å². The van der Waals surface area contributed by atoms with Gasteiger partial charge in [-0.3, -0.25) is 0 Å². The van der Waals surface area contributed by atoms with Gasteiger partial charge in [-0.15, -0.1) is 0 Å². The second-order valence-electron chi connectivity index (χ2n) is 4.05. The lowest BCUT2D eigenvalue weighted by Crippen LogP contribution is -1.98. The van der Waals surface area contributed by atoms with E-state index in [1.54, 1.807) is 12.1 Å². The van der Waals surface area contributed by atoms with Gasteiger partial charge >= 0.3 is 0 Å². The van der Waals surface area contributed by atoms with Crippen molar-refractivity contribution in [1.82, 2.24) is 0 Å². The van der Waals surface area contributed by atoms with Crippen LogP contribution in [0.2, 0.25) is 5.02 Å². The number of hydrogen-bond donors (Lipinski definition) is 0. The minimum Gasteiger partial charge on any atom is -0.207 e. The highest BCUT2D eigenvalue weighted by molar-refractivity contribution is 9.09. The Bertz CT molecular complexity index is 584. The zero-order valence-electron chi connectivity index (χ0n) is 9.55. The summed E-state index contributed by atoms with van der Waals surface area (Å²) in [6, 6.07) is 8.86. The van der Waals surface area contributed by atoms with Gasteiger partial charge < -0.3 is 0 Å². The van der Waals surface area contributed by atoms with E-state index in [1.165, 1.54) is 6.07 Å². The molecule has 0 aromatic heterocycles. The fourth-order valence-electron chi connectivity index (χ4n) is 1.71. The number of aryl methyl sites for hydroxylation is 1. The van der Waals surface area contributed by atoms with Crippen LogP contribution >= 0.6 is 27.5 Å². The Hall–Kier alpha value is -0.930. The number of halogens is 4. The number of alkyl halides is 1. The molecule has 0 saturated carbocycles. The number of hydrogen-bond acceptors (Lipinski definition) is 0. The molecule has 0 N–H and O–H groups in total. The van der Waals surface area contributed by atoms with Crippen LogP contribution in [0, 0.1) is 18.6 Å². The van der Waals surface area contributed by atoms with E-state index in [4.69, 9.17) is 11.6 Å². The van der Waals surface area contributed by atoms with Gasteiger partial charge in [0.2, 0.25) is 0 Å². The first-order chi connectivity index (χ1) is 8.49. The van der Waals surface area contributed by atoms with Gasteiger partial charge in [0.15, 0.2) is 0 Å². The third-order valence-electron chi connectivity index (χ3n) is 2.66. The Kier molecular flexibility index (Phi) is 4.03. The molecule has 2 aromatic rings. The zero-order valence-corrected chi connectivity index (χ0v) is 11.9. The molecule has 0 amide bonds. The Balaban J connectivity index is 2.47. The molecule has 0 aliphatic heterocycles. The van der Waals surface area contributed by atoms with Crippen LogP contribution in [0.5, 0.6) is 0 Å². The monoisotopic (exact) mass is 330 g/mol. The third-order valence-corrected chi connectivity index (χ3v) is 3.97. The van der Waals surface area contributed by atoms with Crippen LogP contribution in [0.3, 0.4) is 0 Å². The maximum atomic E-state index is 13.7. The van der Waals surface area contributed by atoms with Crippen molar-refractivity contribution in [2.45, 2.75) is 11.8 Å². The zero-order chi connectivity index (χ0) is 13.3. The molecule has 0 radical (unpaired) electrons. The first kappa shape index (κ1) is 13.5. The molecule has 0 saturated heterocycles. The van der Waals surface area contributed by atoms with Crippen LogP contribution in [0.25, 0.3) is 0 Å². The minimum absolute atomic E-state index is 0.237. The quantitative estimate of drug-likeness (QED) is 0.645. The fourth-order valence-corrected chi connectivity index (χ4v) is 2.94. The van der Waals surface area contributed by atoms with E-state index in [0.717, 1.165) is 17.7 Å². The molecule has 1 atom stereocenters. The molecule has 94 valence electrons. The van der Waals surface area contributed by atoms with Crippen LogP contribution in [-0.2, 0) is 0 Å². The van der Waals surface area contributed by atoms with Crippen LogP contribution in [0.15, 0.2) is 36.4 Å². The molecule has 2 aromatic carbocycles. The van der Waals surface area contributed by atoms with Gasteiger partial charge in [0.25, 0.3) is 0 Å². The second kappa shape index (κ2) is 5.37. The molecule has 0 aliphatic rings. The first-order valence-electron chi connectivity index (χ1n) is 5.34. The molecule has 0 aliphatic carbocycles. The summed E-state index contributed by atoms with van der Waals surface area (Å²) in [6.07, 6.45) is 0. The average Bonchev–Trinajstić information content (AvgIpc) is 2.31. The largest absolute Gasteiger partial charge is 0.207 e. The van der Waals surface area contributed by atoms with Gasteiger partial charge in [0.05, 0.1) is 4.83 Å². The molecular formula is C14H10BrClF2. The lowest BCUT2D eigenvalue weighted by molar-refractivity contribution is 0.588. The maximum absolute atomic E-state index is 13.7. The molecule has 0 heterocycles. The molecule has 0 spiro atoms. The molecule has 1 unspecified atom stereocenters. The predicted molar refractivity (Wildman–Crippen MR) is 73.3 cm³/mol. The van der Waals surface area contributed by atoms with Gasteiger partial charge in [-0.25, -0.2) is 8.78 Å². The Labute approximate surface area is 118 Å².